The number of methoxy groups -OCH3 is 1. The largest absolute Gasteiger partial charge is 0.496 e. The van der Waals surface area contributed by atoms with Gasteiger partial charge in [-0.3, -0.25) is 25.2 Å². The summed E-state index contributed by atoms with van der Waals surface area (Å²) in [5.74, 6) is -1.07. The number of aromatic nitrogens is 1. The molecular weight excluding hydrogens is 360 g/mol. The highest BCUT2D eigenvalue weighted by molar-refractivity contribution is 5.99. The lowest BCUT2D eigenvalue weighted by Gasteiger charge is -2.10. The number of fused-ring (bicyclic) bond motifs is 1. The Balaban J connectivity index is 1.57. The van der Waals surface area contributed by atoms with E-state index in [-0.39, 0.29) is 18.1 Å². The van der Waals surface area contributed by atoms with E-state index in [1.54, 1.807) is 42.5 Å². The lowest BCUT2D eigenvalue weighted by molar-refractivity contribution is -0.120. The second kappa shape index (κ2) is 8.63. The highest BCUT2D eigenvalue weighted by atomic mass is 16.5. The van der Waals surface area contributed by atoms with E-state index in [9.17, 15) is 14.4 Å². The van der Waals surface area contributed by atoms with Gasteiger partial charge in [0.1, 0.15) is 11.4 Å². The summed E-state index contributed by atoms with van der Waals surface area (Å²) in [6, 6.07) is 17.2. The number of ether oxygens (including phenoxy) is 1. The van der Waals surface area contributed by atoms with Crippen LogP contribution in [-0.4, -0.2) is 36.4 Å². The smallest absolute Gasteiger partial charge is 0.288 e. The molecule has 3 rings (SSSR count). The molecule has 0 aliphatic carbocycles. The SMILES string of the molecule is COc1cc(C(=O)NNC(=O)CNC(=O)c2ccccc2)nc2ccccc12. The predicted octanol–water partition coefficient (Wildman–Crippen LogP) is 1.43. The number of rotatable bonds is 5. The molecule has 0 saturated heterocycles. The van der Waals surface area contributed by atoms with Crippen molar-refractivity contribution in [1.82, 2.24) is 21.2 Å². The third-order valence-corrected chi connectivity index (χ3v) is 3.89. The van der Waals surface area contributed by atoms with Crippen molar-refractivity contribution in [3.05, 3.63) is 71.9 Å². The fourth-order valence-electron chi connectivity index (χ4n) is 2.52. The molecule has 0 aliphatic heterocycles. The van der Waals surface area contributed by atoms with Crippen LogP contribution in [0, 0.1) is 0 Å². The number of amides is 3. The van der Waals surface area contributed by atoms with Gasteiger partial charge >= 0.3 is 0 Å². The second-order valence-electron chi connectivity index (χ2n) is 5.78. The van der Waals surface area contributed by atoms with Gasteiger partial charge in [-0.2, -0.15) is 0 Å². The van der Waals surface area contributed by atoms with Gasteiger partial charge in [0.15, 0.2) is 0 Å². The van der Waals surface area contributed by atoms with Crippen LogP contribution in [0.4, 0.5) is 0 Å². The van der Waals surface area contributed by atoms with Crippen molar-refractivity contribution in [1.29, 1.82) is 0 Å². The lowest BCUT2D eigenvalue weighted by Crippen LogP contribution is -2.46. The molecule has 3 aromatic rings. The van der Waals surface area contributed by atoms with Gasteiger partial charge in [-0.05, 0) is 24.3 Å². The number of hydrazine groups is 1. The zero-order valence-electron chi connectivity index (χ0n) is 15.1. The van der Waals surface area contributed by atoms with Crippen LogP contribution in [0.15, 0.2) is 60.7 Å². The first-order valence-corrected chi connectivity index (χ1v) is 8.44. The molecular formula is C20H18N4O4. The Hall–Kier alpha value is -3.94. The summed E-state index contributed by atoms with van der Waals surface area (Å²) >= 11 is 0. The first kappa shape index (κ1) is 18.8. The summed E-state index contributed by atoms with van der Waals surface area (Å²) in [7, 11) is 1.50. The molecule has 0 atom stereocenters. The third kappa shape index (κ3) is 4.42. The van der Waals surface area contributed by atoms with E-state index in [1.165, 1.54) is 13.2 Å². The van der Waals surface area contributed by atoms with Gasteiger partial charge in [-0.15, -0.1) is 0 Å². The molecule has 0 bridgehead atoms. The summed E-state index contributed by atoms with van der Waals surface area (Å²) < 4.78 is 5.30. The second-order valence-corrected chi connectivity index (χ2v) is 5.78. The van der Waals surface area contributed by atoms with Crippen molar-refractivity contribution in [3.63, 3.8) is 0 Å². The number of carbonyl (C=O) groups is 3. The van der Waals surface area contributed by atoms with Crippen LogP contribution in [-0.2, 0) is 4.79 Å². The number of benzene rings is 2. The van der Waals surface area contributed by atoms with Crippen molar-refractivity contribution in [2.24, 2.45) is 0 Å². The molecule has 1 heterocycles. The van der Waals surface area contributed by atoms with Crippen LogP contribution in [0.5, 0.6) is 5.75 Å². The van der Waals surface area contributed by atoms with E-state index in [0.717, 1.165) is 5.39 Å². The van der Waals surface area contributed by atoms with E-state index >= 15 is 0 Å². The van der Waals surface area contributed by atoms with Gasteiger partial charge in [0.05, 0.1) is 19.2 Å². The van der Waals surface area contributed by atoms with Gasteiger partial charge in [0, 0.05) is 17.0 Å². The molecule has 0 fully saturated rings. The highest BCUT2D eigenvalue weighted by Gasteiger charge is 2.14. The highest BCUT2D eigenvalue weighted by Crippen LogP contribution is 2.24. The minimum absolute atomic E-state index is 0.0872. The predicted molar refractivity (Wildman–Crippen MR) is 103 cm³/mol. The minimum Gasteiger partial charge on any atom is -0.496 e. The number of hydrogen-bond donors (Lipinski definition) is 3. The van der Waals surface area contributed by atoms with Crippen LogP contribution in [0.1, 0.15) is 20.8 Å². The summed E-state index contributed by atoms with van der Waals surface area (Å²) in [6.07, 6.45) is 0. The maximum absolute atomic E-state index is 12.3. The van der Waals surface area contributed by atoms with Crippen LogP contribution in [0.25, 0.3) is 10.9 Å². The first-order chi connectivity index (χ1) is 13.6. The number of hydrogen-bond acceptors (Lipinski definition) is 5. The molecule has 142 valence electrons. The number of carbonyl (C=O) groups excluding carboxylic acids is 3. The number of pyridine rings is 1. The Morgan fingerprint density at radius 3 is 2.39 bits per heavy atom. The maximum Gasteiger partial charge on any atom is 0.288 e. The average molecular weight is 378 g/mol. The molecule has 1 aromatic heterocycles. The Morgan fingerprint density at radius 2 is 1.64 bits per heavy atom. The molecule has 0 saturated carbocycles. The van der Waals surface area contributed by atoms with E-state index in [1.807, 2.05) is 12.1 Å². The molecule has 0 unspecified atom stereocenters. The molecule has 8 nitrogen and oxygen atoms in total. The number of nitrogens with zero attached hydrogens (tertiary/aromatic N) is 1. The van der Waals surface area contributed by atoms with Crippen molar-refractivity contribution < 1.29 is 19.1 Å². The van der Waals surface area contributed by atoms with Crippen LogP contribution < -0.4 is 20.9 Å². The van der Waals surface area contributed by atoms with Gasteiger partial charge in [-0.25, -0.2) is 4.98 Å². The Labute approximate surface area is 160 Å². The molecule has 2 aromatic carbocycles. The van der Waals surface area contributed by atoms with E-state index in [0.29, 0.717) is 16.8 Å². The minimum atomic E-state index is -0.605. The van der Waals surface area contributed by atoms with Crippen molar-refractivity contribution in [3.8, 4) is 5.75 Å². The topological polar surface area (TPSA) is 109 Å². The van der Waals surface area contributed by atoms with E-state index in [2.05, 4.69) is 21.2 Å². The zero-order valence-corrected chi connectivity index (χ0v) is 15.1. The molecule has 28 heavy (non-hydrogen) atoms. The quantitative estimate of drug-likeness (QED) is 0.582. The van der Waals surface area contributed by atoms with Gasteiger partial charge in [0.25, 0.3) is 17.7 Å². The summed E-state index contributed by atoms with van der Waals surface area (Å²) in [5.41, 5.74) is 5.62. The molecule has 3 N–H and O–H groups in total. The molecule has 0 aliphatic rings. The van der Waals surface area contributed by atoms with Crippen molar-refractivity contribution in [2.45, 2.75) is 0 Å². The molecule has 0 radical (unpaired) electrons. The summed E-state index contributed by atoms with van der Waals surface area (Å²) in [4.78, 5) is 40.3. The lowest BCUT2D eigenvalue weighted by atomic mass is 10.2. The fourth-order valence-corrected chi connectivity index (χ4v) is 2.52. The average Bonchev–Trinajstić information content (AvgIpc) is 2.75. The van der Waals surface area contributed by atoms with Gasteiger partial charge < -0.3 is 10.1 Å². The summed E-state index contributed by atoms with van der Waals surface area (Å²) in [5, 5.41) is 3.24. The summed E-state index contributed by atoms with van der Waals surface area (Å²) in [6.45, 7) is -0.289. The first-order valence-electron chi connectivity index (χ1n) is 8.44. The van der Waals surface area contributed by atoms with Crippen molar-refractivity contribution >= 4 is 28.6 Å². The molecule has 8 heteroatoms. The standard InChI is InChI=1S/C20H18N4O4/c1-28-17-11-16(22-15-10-6-5-9-14(15)17)20(27)24-23-18(25)12-21-19(26)13-7-3-2-4-8-13/h2-11H,12H2,1H3,(H,21,26)(H,23,25)(H,24,27). The normalized spacial score (nSPS) is 10.2. The van der Waals surface area contributed by atoms with Gasteiger partial charge in [-0.1, -0.05) is 30.3 Å². The number of nitrogens with one attached hydrogen (secondary N) is 3. The fraction of sp³-hybridized carbons (Fsp3) is 0.100. The monoisotopic (exact) mass is 378 g/mol. The van der Waals surface area contributed by atoms with E-state index < -0.39 is 11.8 Å². The van der Waals surface area contributed by atoms with Crippen molar-refractivity contribution in [2.75, 3.05) is 13.7 Å². The maximum atomic E-state index is 12.3. The van der Waals surface area contributed by atoms with Gasteiger partial charge in [0.2, 0.25) is 0 Å². The van der Waals surface area contributed by atoms with Crippen LogP contribution >= 0.6 is 0 Å². The van der Waals surface area contributed by atoms with Crippen LogP contribution in [0.3, 0.4) is 0 Å². The number of para-hydroxylation sites is 1. The molecule has 0 spiro atoms. The Kier molecular flexibility index (Phi) is 5.81. The Bertz CT molecular complexity index is 1020. The molecule has 3 amide bonds. The Morgan fingerprint density at radius 1 is 0.929 bits per heavy atom. The van der Waals surface area contributed by atoms with E-state index in [4.69, 9.17) is 4.74 Å². The zero-order chi connectivity index (χ0) is 19.9. The van der Waals surface area contributed by atoms with Crippen LogP contribution in [0.2, 0.25) is 0 Å². The third-order valence-electron chi connectivity index (χ3n) is 3.89.